The molecule has 0 radical (unpaired) electrons. The van der Waals surface area contributed by atoms with E-state index in [0.717, 1.165) is 12.0 Å². The van der Waals surface area contributed by atoms with Gasteiger partial charge in [0.25, 0.3) is 5.91 Å². The number of carbonyl (C=O) groups is 2. The fourth-order valence-electron chi connectivity index (χ4n) is 5.75. The number of primary amides is 1. The van der Waals surface area contributed by atoms with Crippen LogP contribution in [0.5, 0.6) is 5.75 Å². The minimum atomic E-state index is -0.503. The number of urea groups is 1. The lowest BCUT2D eigenvalue weighted by atomic mass is 10.1. The number of amides is 3. The Hall–Kier alpha value is -3.62. The van der Waals surface area contributed by atoms with Crippen LogP contribution in [0, 0.1) is 5.82 Å². The molecule has 4 atom stereocenters. The van der Waals surface area contributed by atoms with Crippen molar-refractivity contribution in [3.05, 3.63) is 100 Å². The summed E-state index contributed by atoms with van der Waals surface area (Å²) >= 11 is 6.31. The molecule has 1 aliphatic carbocycles. The second-order valence-corrected chi connectivity index (χ2v) is 11.6. The lowest BCUT2D eigenvalue weighted by Gasteiger charge is -2.44. The number of nitrogens with two attached hydrogens (primary N) is 1. The number of hydrogen-bond donors (Lipinski definition) is 1. The van der Waals surface area contributed by atoms with Gasteiger partial charge in [0, 0.05) is 54.3 Å². The zero-order valence-electron chi connectivity index (χ0n) is 23.4. The maximum Gasteiger partial charge on any atom is 0.315 e. The standard InChI is InChI=1S/C32H36ClFN4O3/c1-21-17-37(22(2)16-36(21)18-23-8-11-27(34)12-9-23)31(39)20-41-30-13-10-26(33)14-25(30)19-38(32(35)40)29-15-28(29)24-6-4-3-5-7-24/h3-14,21-22,28-29H,15-20H2,1-2H3,(H2,35,40)/t21-,22+,28?,29?/m1/s1. The first-order chi connectivity index (χ1) is 19.7. The molecule has 0 aromatic heterocycles. The molecule has 0 spiro atoms. The van der Waals surface area contributed by atoms with Crippen LogP contribution in [0.1, 0.15) is 42.9 Å². The molecule has 2 aliphatic rings. The third-order valence-corrected chi connectivity index (χ3v) is 8.35. The summed E-state index contributed by atoms with van der Waals surface area (Å²) in [6.45, 7) is 6.19. The highest BCUT2D eigenvalue weighted by Gasteiger charge is 2.44. The molecule has 0 bridgehead atoms. The molecule has 2 unspecified atom stereocenters. The van der Waals surface area contributed by atoms with Crippen LogP contribution in [0.4, 0.5) is 9.18 Å². The van der Waals surface area contributed by atoms with Crippen LogP contribution in [-0.4, -0.2) is 64.5 Å². The summed E-state index contributed by atoms with van der Waals surface area (Å²) in [5.74, 6) is 0.381. The topological polar surface area (TPSA) is 79.1 Å². The Bertz CT molecular complexity index is 1370. The summed E-state index contributed by atoms with van der Waals surface area (Å²) in [6.07, 6.45) is 0.839. The molecular formula is C32H36ClFN4O3. The summed E-state index contributed by atoms with van der Waals surface area (Å²) in [5, 5.41) is 0.512. The summed E-state index contributed by atoms with van der Waals surface area (Å²) in [7, 11) is 0. The maximum atomic E-state index is 13.3. The van der Waals surface area contributed by atoms with E-state index in [1.165, 1.54) is 17.7 Å². The smallest absolute Gasteiger partial charge is 0.315 e. The Morgan fingerprint density at radius 3 is 2.46 bits per heavy atom. The number of rotatable bonds is 9. The van der Waals surface area contributed by atoms with E-state index in [1.807, 2.05) is 30.0 Å². The van der Waals surface area contributed by atoms with Gasteiger partial charge in [-0.15, -0.1) is 0 Å². The maximum absolute atomic E-state index is 13.3. The van der Waals surface area contributed by atoms with Crippen LogP contribution in [0.25, 0.3) is 0 Å². The molecular weight excluding hydrogens is 543 g/mol. The van der Waals surface area contributed by atoms with E-state index in [1.54, 1.807) is 35.2 Å². The molecule has 1 aliphatic heterocycles. The van der Waals surface area contributed by atoms with E-state index in [0.29, 0.717) is 36.0 Å². The Balaban J connectivity index is 1.21. The van der Waals surface area contributed by atoms with E-state index in [2.05, 4.69) is 24.0 Å². The summed E-state index contributed by atoms with van der Waals surface area (Å²) < 4.78 is 19.3. The van der Waals surface area contributed by atoms with Gasteiger partial charge in [-0.25, -0.2) is 9.18 Å². The van der Waals surface area contributed by atoms with Crippen molar-refractivity contribution in [1.82, 2.24) is 14.7 Å². The first-order valence-corrected chi connectivity index (χ1v) is 14.4. The number of halogens is 2. The van der Waals surface area contributed by atoms with Crippen molar-refractivity contribution in [2.45, 2.75) is 57.4 Å². The Morgan fingerprint density at radius 2 is 1.76 bits per heavy atom. The highest BCUT2D eigenvalue weighted by molar-refractivity contribution is 6.30. The van der Waals surface area contributed by atoms with Crippen molar-refractivity contribution in [3.63, 3.8) is 0 Å². The van der Waals surface area contributed by atoms with Gasteiger partial charge in [0.15, 0.2) is 6.61 Å². The second kappa shape index (κ2) is 12.5. The molecule has 3 amide bonds. The van der Waals surface area contributed by atoms with Crippen molar-refractivity contribution in [1.29, 1.82) is 0 Å². The van der Waals surface area contributed by atoms with Gasteiger partial charge >= 0.3 is 6.03 Å². The van der Waals surface area contributed by atoms with E-state index in [4.69, 9.17) is 22.1 Å². The molecule has 1 saturated carbocycles. The predicted octanol–water partition coefficient (Wildman–Crippen LogP) is 5.42. The largest absolute Gasteiger partial charge is 0.483 e. The van der Waals surface area contributed by atoms with Crippen molar-refractivity contribution < 1.29 is 18.7 Å². The Labute approximate surface area is 245 Å². The number of hydrogen-bond acceptors (Lipinski definition) is 4. The second-order valence-electron chi connectivity index (χ2n) is 11.1. The molecule has 9 heteroatoms. The van der Waals surface area contributed by atoms with E-state index >= 15 is 0 Å². The van der Waals surface area contributed by atoms with Crippen molar-refractivity contribution >= 4 is 23.5 Å². The number of ether oxygens (including phenoxy) is 1. The fraction of sp³-hybridized carbons (Fsp3) is 0.375. The molecule has 2 N–H and O–H groups in total. The van der Waals surface area contributed by atoms with Crippen LogP contribution in [0.3, 0.4) is 0 Å². The van der Waals surface area contributed by atoms with Gasteiger partial charge in [-0.05, 0) is 61.7 Å². The average molecular weight is 579 g/mol. The van der Waals surface area contributed by atoms with Gasteiger partial charge < -0.3 is 20.3 Å². The van der Waals surface area contributed by atoms with E-state index in [9.17, 15) is 14.0 Å². The van der Waals surface area contributed by atoms with Crippen LogP contribution in [0.2, 0.25) is 5.02 Å². The Morgan fingerprint density at radius 1 is 1.02 bits per heavy atom. The third kappa shape index (κ3) is 7.00. The number of piperazine rings is 1. The summed E-state index contributed by atoms with van der Waals surface area (Å²) in [6, 6.07) is 21.4. The van der Waals surface area contributed by atoms with Gasteiger partial charge in [0.2, 0.25) is 0 Å². The van der Waals surface area contributed by atoms with Crippen LogP contribution in [0.15, 0.2) is 72.8 Å². The highest BCUT2D eigenvalue weighted by Crippen LogP contribution is 2.45. The first-order valence-electron chi connectivity index (χ1n) is 14.0. The highest BCUT2D eigenvalue weighted by atomic mass is 35.5. The quantitative estimate of drug-likeness (QED) is 0.368. The SMILES string of the molecule is C[C@@H]1CN(C(=O)COc2ccc(Cl)cc2CN(C(N)=O)C2CC2c2ccccc2)[C@@H](C)CN1Cc1ccc(F)cc1. The van der Waals surface area contributed by atoms with Crippen molar-refractivity contribution in [2.75, 3.05) is 19.7 Å². The predicted molar refractivity (Wildman–Crippen MR) is 157 cm³/mol. The molecule has 7 nitrogen and oxygen atoms in total. The summed E-state index contributed by atoms with van der Waals surface area (Å²) in [4.78, 5) is 31.5. The molecule has 216 valence electrons. The van der Waals surface area contributed by atoms with Crippen LogP contribution < -0.4 is 10.5 Å². The zero-order chi connectivity index (χ0) is 29.1. The van der Waals surface area contributed by atoms with E-state index < -0.39 is 6.03 Å². The average Bonchev–Trinajstić information content (AvgIpc) is 3.75. The van der Waals surface area contributed by atoms with Crippen molar-refractivity contribution in [3.8, 4) is 5.75 Å². The number of nitrogens with zero attached hydrogens (tertiary/aromatic N) is 3. The number of carbonyl (C=O) groups excluding carboxylic acids is 2. The zero-order valence-corrected chi connectivity index (χ0v) is 24.1. The minimum absolute atomic E-state index is 0.00286. The van der Waals surface area contributed by atoms with Gasteiger partial charge in [-0.3, -0.25) is 9.69 Å². The lowest BCUT2D eigenvalue weighted by Crippen LogP contribution is -2.58. The van der Waals surface area contributed by atoms with Crippen molar-refractivity contribution in [2.24, 2.45) is 5.73 Å². The van der Waals surface area contributed by atoms with E-state index in [-0.39, 0.29) is 48.9 Å². The monoisotopic (exact) mass is 578 g/mol. The minimum Gasteiger partial charge on any atom is -0.483 e. The van der Waals surface area contributed by atoms with Gasteiger partial charge in [0.05, 0.1) is 6.54 Å². The van der Waals surface area contributed by atoms with Crippen LogP contribution >= 0.6 is 11.6 Å². The normalized spacial score (nSPS) is 22.3. The molecule has 1 heterocycles. The number of benzene rings is 3. The van der Waals surface area contributed by atoms with Crippen LogP contribution in [-0.2, 0) is 17.9 Å². The Kier molecular flexibility index (Phi) is 8.80. The van der Waals surface area contributed by atoms with Gasteiger partial charge in [-0.2, -0.15) is 0 Å². The van der Waals surface area contributed by atoms with Gasteiger partial charge in [0.1, 0.15) is 11.6 Å². The fourth-order valence-corrected chi connectivity index (χ4v) is 5.95. The summed E-state index contributed by atoms with van der Waals surface area (Å²) in [5.41, 5.74) is 8.72. The third-order valence-electron chi connectivity index (χ3n) is 8.12. The molecule has 3 aromatic rings. The molecule has 2 fully saturated rings. The molecule has 1 saturated heterocycles. The molecule has 5 rings (SSSR count). The molecule has 3 aromatic carbocycles. The van der Waals surface area contributed by atoms with Gasteiger partial charge in [-0.1, -0.05) is 54.1 Å². The lowest BCUT2D eigenvalue weighted by molar-refractivity contribution is -0.139. The molecule has 41 heavy (non-hydrogen) atoms. The first kappa shape index (κ1) is 28.9.